The predicted octanol–water partition coefficient (Wildman–Crippen LogP) is 3.47. The van der Waals surface area contributed by atoms with Gasteiger partial charge in [0, 0.05) is 11.6 Å². The van der Waals surface area contributed by atoms with Crippen LogP contribution in [-0.4, -0.2) is 7.05 Å². The first-order valence-corrected chi connectivity index (χ1v) is 5.87. The van der Waals surface area contributed by atoms with Gasteiger partial charge in [-0.3, -0.25) is 0 Å². The fourth-order valence-electron chi connectivity index (χ4n) is 2.00. The fourth-order valence-corrected chi connectivity index (χ4v) is 2.00. The van der Waals surface area contributed by atoms with Crippen molar-refractivity contribution < 1.29 is 8.78 Å². The average molecular weight is 247 g/mol. The van der Waals surface area contributed by atoms with Crippen molar-refractivity contribution >= 4 is 0 Å². The maximum atomic E-state index is 13.6. The first-order chi connectivity index (χ1) is 8.72. The Kier molecular flexibility index (Phi) is 4.05. The summed E-state index contributed by atoms with van der Waals surface area (Å²) in [5.41, 5.74) is 1.14. The Labute approximate surface area is 105 Å². The summed E-state index contributed by atoms with van der Waals surface area (Å²) in [6.45, 7) is 0. The van der Waals surface area contributed by atoms with Gasteiger partial charge >= 0.3 is 0 Å². The zero-order chi connectivity index (χ0) is 13.0. The lowest BCUT2D eigenvalue weighted by molar-refractivity contribution is 0.515. The van der Waals surface area contributed by atoms with Gasteiger partial charge < -0.3 is 5.32 Å². The number of halogens is 2. The standard InChI is InChI=1S/C15H15F2N/c1-18-15(11-6-3-2-4-7-11)10-12-13(16)8-5-9-14(12)17/h2-9,15,18H,10H2,1H3. The number of rotatable bonds is 4. The zero-order valence-electron chi connectivity index (χ0n) is 10.2. The van der Waals surface area contributed by atoms with Crippen molar-refractivity contribution in [3.05, 3.63) is 71.3 Å². The summed E-state index contributed by atoms with van der Waals surface area (Å²) in [6, 6.07) is 13.5. The smallest absolute Gasteiger partial charge is 0.129 e. The topological polar surface area (TPSA) is 12.0 Å². The van der Waals surface area contributed by atoms with Gasteiger partial charge in [0.15, 0.2) is 0 Å². The molecule has 94 valence electrons. The van der Waals surface area contributed by atoms with Crippen LogP contribution in [0.1, 0.15) is 17.2 Å². The molecule has 18 heavy (non-hydrogen) atoms. The third-order valence-electron chi connectivity index (χ3n) is 3.02. The van der Waals surface area contributed by atoms with Gasteiger partial charge in [-0.1, -0.05) is 36.4 Å². The quantitative estimate of drug-likeness (QED) is 0.872. The minimum atomic E-state index is -0.494. The highest BCUT2D eigenvalue weighted by molar-refractivity contribution is 5.25. The van der Waals surface area contributed by atoms with E-state index in [2.05, 4.69) is 5.32 Å². The Morgan fingerprint density at radius 3 is 2.11 bits per heavy atom. The molecule has 0 bridgehead atoms. The summed E-state index contributed by atoms with van der Waals surface area (Å²) in [7, 11) is 1.79. The Morgan fingerprint density at radius 2 is 1.56 bits per heavy atom. The Hall–Kier alpha value is -1.74. The van der Waals surface area contributed by atoms with E-state index in [1.165, 1.54) is 18.2 Å². The highest BCUT2D eigenvalue weighted by Crippen LogP contribution is 2.21. The molecule has 0 heterocycles. The van der Waals surface area contributed by atoms with Gasteiger partial charge in [0.2, 0.25) is 0 Å². The van der Waals surface area contributed by atoms with Crippen molar-refractivity contribution in [1.29, 1.82) is 0 Å². The zero-order valence-corrected chi connectivity index (χ0v) is 10.2. The van der Waals surface area contributed by atoms with Crippen molar-refractivity contribution in [2.45, 2.75) is 12.5 Å². The van der Waals surface area contributed by atoms with Crippen LogP contribution in [0.4, 0.5) is 8.78 Å². The highest BCUT2D eigenvalue weighted by Gasteiger charge is 2.15. The van der Waals surface area contributed by atoms with Gasteiger partial charge in [-0.2, -0.15) is 0 Å². The second-order valence-electron chi connectivity index (χ2n) is 4.16. The lowest BCUT2D eigenvalue weighted by Crippen LogP contribution is -2.20. The van der Waals surface area contributed by atoms with Crippen LogP contribution < -0.4 is 5.32 Å². The van der Waals surface area contributed by atoms with E-state index in [-0.39, 0.29) is 11.6 Å². The van der Waals surface area contributed by atoms with E-state index >= 15 is 0 Å². The molecule has 1 nitrogen and oxygen atoms in total. The first-order valence-electron chi connectivity index (χ1n) is 5.87. The van der Waals surface area contributed by atoms with E-state index in [0.29, 0.717) is 6.42 Å². The molecule has 0 amide bonds. The van der Waals surface area contributed by atoms with E-state index in [0.717, 1.165) is 5.56 Å². The van der Waals surface area contributed by atoms with Crippen LogP contribution in [-0.2, 0) is 6.42 Å². The van der Waals surface area contributed by atoms with Crippen molar-refractivity contribution in [3.8, 4) is 0 Å². The maximum absolute atomic E-state index is 13.6. The molecular formula is C15H15F2N. The molecule has 2 aromatic rings. The SMILES string of the molecule is CNC(Cc1c(F)cccc1F)c1ccccc1. The van der Waals surface area contributed by atoms with Crippen LogP contribution in [0.3, 0.4) is 0 Å². The van der Waals surface area contributed by atoms with Crippen LogP contribution in [0, 0.1) is 11.6 Å². The minimum absolute atomic E-state index is 0.0994. The number of likely N-dealkylation sites (N-methyl/N-ethyl adjacent to an activating group) is 1. The van der Waals surface area contributed by atoms with E-state index < -0.39 is 11.6 Å². The molecule has 0 saturated heterocycles. The average Bonchev–Trinajstić information content (AvgIpc) is 2.40. The predicted molar refractivity (Wildman–Crippen MR) is 68.3 cm³/mol. The molecule has 1 N–H and O–H groups in total. The molecule has 2 rings (SSSR count). The lowest BCUT2D eigenvalue weighted by atomic mass is 9.98. The molecule has 0 radical (unpaired) electrons. The monoisotopic (exact) mass is 247 g/mol. The Bertz CT molecular complexity index is 491. The van der Waals surface area contributed by atoms with Crippen molar-refractivity contribution in [3.63, 3.8) is 0 Å². The molecule has 0 aliphatic heterocycles. The summed E-state index contributed by atoms with van der Waals surface area (Å²) in [5.74, 6) is -0.989. The third kappa shape index (κ3) is 2.74. The Balaban J connectivity index is 2.26. The van der Waals surface area contributed by atoms with Crippen LogP contribution in [0.2, 0.25) is 0 Å². The molecular weight excluding hydrogens is 232 g/mol. The lowest BCUT2D eigenvalue weighted by Gasteiger charge is -2.17. The van der Waals surface area contributed by atoms with Crippen LogP contribution >= 0.6 is 0 Å². The van der Waals surface area contributed by atoms with Crippen molar-refractivity contribution in [2.24, 2.45) is 0 Å². The van der Waals surface area contributed by atoms with E-state index in [9.17, 15) is 8.78 Å². The molecule has 0 fully saturated rings. The molecule has 3 heteroatoms. The summed E-state index contributed by atoms with van der Waals surface area (Å²) in [6.07, 6.45) is 0.291. The molecule has 0 aliphatic rings. The Morgan fingerprint density at radius 1 is 0.944 bits per heavy atom. The first kappa shape index (κ1) is 12.7. The summed E-state index contributed by atoms with van der Waals surface area (Å²) < 4.78 is 27.2. The van der Waals surface area contributed by atoms with Crippen LogP contribution in [0.5, 0.6) is 0 Å². The second-order valence-corrected chi connectivity index (χ2v) is 4.16. The summed E-state index contributed by atoms with van der Waals surface area (Å²) in [4.78, 5) is 0. The van der Waals surface area contributed by atoms with Crippen molar-refractivity contribution in [1.82, 2.24) is 5.32 Å². The number of hydrogen-bond acceptors (Lipinski definition) is 1. The summed E-state index contributed by atoms with van der Waals surface area (Å²) >= 11 is 0. The van der Waals surface area contributed by atoms with Gasteiger partial charge in [0.1, 0.15) is 11.6 Å². The second kappa shape index (κ2) is 5.74. The fraction of sp³-hybridized carbons (Fsp3) is 0.200. The molecule has 2 aromatic carbocycles. The molecule has 0 aliphatic carbocycles. The van der Waals surface area contributed by atoms with Gasteiger partial charge in [-0.25, -0.2) is 8.78 Å². The largest absolute Gasteiger partial charge is 0.313 e. The highest BCUT2D eigenvalue weighted by atomic mass is 19.1. The normalized spacial score (nSPS) is 12.4. The molecule has 1 atom stereocenters. The van der Waals surface area contributed by atoms with E-state index in [1.807, 2.05) is 30.3 Å². The number of benzene rings is 2. The van der Waals surface area contributed by atoms with Crippen LogP contribution in [0.25, 0.3) is 0 Å². The molecule has 0 aromatic heterocycles. The minimum Gasteiger partial charge on any atom is -0.313 e. The van der Waals surface area contributed by atoms with Crippen molar-refractivity contribution in [2.75, 3.05) is 7.05 Å². The molecule has 1 unspecified atom stereocenters. The third-order valence-corrected chi connectivity index (χ3v) is 3.02. The maximum Gasteiger partial charge on any atom is 0.129 e. The molecule has 0 saturated carbocycles. The van der Waals surface area contributed by atoms with E-state index in [1.54, 1.807) is 7.05 Å². The number of hydrogen-bond donors (Lipinski definition) is 1. The summed E-state index contributed by atoms with van der Waals surface area (Å²) in [5, 5.41) is 3.09. The van der Waals surface area contributed by atoms with E-state index in [4.69, 9.17) is 0 Å². The van der Waals surface area contributed by atoms with Gasteiger partial charge in [-0.05, 0) is 31.2 Å². The number of nitrogens with one attached hydrogen (secondary N) is 1. The van der Waals surface area contributed by atoms with Crippen LogP contribution in [0.15, 0.2) is 48.5 Å². The van der Waals surface area contributed by atoms with Gasteiger partial charge in [0.05, 0.1) is 0 Å². The van der Waals surface area contributed by atoms with Gasteiger partial charge in [0.25, 0.3) is 0 Å². The van der Waals surface area contributed by atoms with Gasteiger partial charge in [-0.15, -0.1) is 0 Å². The molecule has 0 spiro atoms.